The highest BCUT2D eigenvalue weighted by molar-refractivity contribution is 7.89. The van der Waals surface area contributed by atoms with E-state index in [1.807, 2.05) is 7.05 Å². The number of hydrogen-bond donors (Lipinski definition) is 2. The fraction of sp³-hybridized carbons (Fsp3) is 0.571. The van der Waals surface area contributed by atoms with Crippen molar-refractivity contribution in [1.29, 1.82) is 0 Å². The van der Waals surface area contributed by atoms with Gasteiger partial charge < -0.3 is 10.6 Å². The second-order valence-corrected chi connectivity index (χ2v) is 7.62. The van der Waals surface area contributed by atoms with Crippen molar-refractivity contribution in [3.05, 3.63) is 22.7 Å². The van der Waals surface area contributed by atoms with Crippen LogP contribution in [-0.2, 0) is 10.0 Å². The molecule has 0 aliphatic carbocycles. The van der Waals surface area contributed by atoms with Gasteiger partial charge in [0.2, 0.25) is 10.0 Å². The quantitative estimate of drug-likeness (QED) is 0.592. The minimum absolute atomic E-state index is 0.104. The molecule has 120 valence electrons. The Hall–Kier alpha value is -0.820. The van der Waals surface area contributed by atoms with Crippen LogP contribution in [0.15, 0.2) is 17.0 Å². The Bertz CT molecular complexity index is 565. The van der Waals surface area contributed by atoms with Gasteiger partial charge >= 0.3 is 0 Å². The molecule has 0 aliphatic heterocycles. The maximum absolute atomic E-state index is 12.2. The summed E-state index contributed by atoms with van der Waals surface area (Å²) in [6, 6.07) is 3.30. The Morgan fingerprint density at radius 1 is 1.38 bits per heavy atom. The molecule has 3 N–H and O–H groups in total. The topological polar surface area (TPSA) is 75.4 Å². The van der Waals surface area contributed by atoms with E-state index >= 15 is 0 Å². The first kappa shape index (κ1) is 18.2. The normalized spacial score (nSPS) is 12.3. The molecule has 0 saturated carbocycles. The predicted molar refractivity (Wildman–Crippen MR) is 88.2 cm³/mol. The number of nitrogens with two attached hydrogens (primary N) is 1. The lowest BCUT2D eigenvalue weighted by atomic mass is 10.2. The molecule has 0 heterocycles. The van der Waals surface area contributed by atoms with Gasteiger partial charge in [-0.15, -0.1) is 0 Å². The van der Waals surface area contributed by atoms with Gasteiger partial charge in [0, 0.05) is 23.3 Å². The zero-order valence-corrected chi connectivity index (χ0v) is 14.6. The molecule has 0 fully saturated rings. The van der Waals surface area contributed by atoms with Crippen molar-refractivity contribution in [2.45, 2.75) is 38.1 Å². The third-order valence-corrected chi connectivity index (χ3v) is 5.36. The molecule has 0 unspecified atom stereocenters. The monoisotopic (exact) mass is 333 g/mol. The Kier molecular flexibility index (Phi) is 6.46. The minimum Gasteiger partial charge on any atom is -0.398 e. The van der Waals surface area contributed by atoms with Crippen LogP contribution < -0.4 is 10.5 Å². The lowest BCUT2D eigenvalue weighted by Gasteiger charge is -2.20. The van der Waals surface area contributed by atoms with Gasteiger partial charge in [0.05, 0.1) is 4.90 Å². The number of nitrogens with one attached hydrogen (secondary N) is 1. The van der Waals surface area contributed by atoms with E-state index in [0.29, 0.717) is 28.9 Å². The molecule has 5 nitrogen and oxygen atoms in total. The van der Waals surface area contributed by atoms with Crippen LogP contribution in [0.4, 0.5) is 5.69 Å². The first-order valence-electron chi connectivity index (χ1n) is 6.90. The number of nitrogens with zero attached hydrogens (tertiary/aromatic N) is 1. The molecule has 1 aromatic carbocycles. The summed E-state index contributed by atoms with van der Waals surface area (Å²) in [5.74, 6) is 0. The largest absolute Gasteiger partial charge is 0.398 e. The first-order valence-corrected chi connectivity index (χ1v) is 8.76. The zero-order valence-electron chi connectivity index (χ0n) is 13.0. The van der Waals surface area contributed by atoms with Gasteiger partial charge in [0.1, 0.15) is 0 Å². The van der Waals surface area contributed by atoms with Crippen molar-refractivity contribution < 1.29 is 8.42 Å². The van der Waals surface area contributed by atoms with Crippen LogP contribution in [0.3, 0.4) is 0 Å². The number of anilines is 1. The third kappa shape index (κ3) is 5.14. The van der Waals surface area contributed by atoms with Gasteiger partial charge in [-0.1, -0.05) is 11.6 Å². The van der Waals surface area contributed by atoms with Crippen LogP contribution in [-0.4, -0.2) is 39.5 Å². The van der Waals surface area contributed by atoms with Crippen molar-refractivity contribution >= 4 is 27.3 Å². The number of sulfonamides is 1. The minimum atomic E-state index is -3.57. The van der Waals surface area contributed by atoms with Crippen molar-refractivity contribution in [2.75, 3.05) is 25.9 Å². The van der Waals surface area contributed by atoms with E-state index < -0.39 is 10.0 Å². The number of nitrogen functional groups attached to an aromatic ring is 1. The Morgan fingerprint density at radius 2 is 2.00 bits per heavy atom. The first-order chi connectivity index (χ1) is 9.65. The fourth-order valence-electron chi connectivity index (χ4n) is 1.71. The molecule has 0 spiro atoms. The van der Waals surface area contributed by atoms with E-state index in [1.54, 1.807) is 6.92 Å². The molecule has 1 aromatic rings. The summed E-state index contributed by atoms with van der Waals surface area (Å²) in [4.78, 5) is 2.27. The molecular formula is C14H24ClN3O2S. The molecule has 0 radical (unpaired) electrons. The summed E-state index contributed by atoms with van der Waals surface area (Å²) in [7, 11) is -1.56. The second-order valence-electron chi connectivity index (χ2n) is 5.45. The summed E-state index contributed by atoms with van der Waals surface area (Å²) in [5, 5.41) is 0.356. The van der Waals surface area contributed by atoms with E-state index in [4.69, 9.17) is 17.3 Å². The number of benzene rings is 1. The van der Waals surface area contributed by atoms with E-state index in [-0.39, 0.29) is 4.90 Å². The van der Waals surface area contributed by atoms with Gasteiger partial charge in [-0.25, -0.2) is 13.1 Å². The summed E-state index contributed by atoms with van der Waals surface area (Å²) in [6.07, 6.45) is 0.739. The SMILES string of the molecule is Cc1c(N)cc(S(=O)(=O)NCCCN(C)C(C)C)cc1Cl. The maximum Gasteiger partial charge on any atom is 0.240 e. The van der Waals surface area contributed by atoms with Gasteiger partial charge in [0.25, 0.3) is 0 Å². The molecule has 0 aliphatic rings. The highest BCUT2D eigenvalue weighted by Gasteiger charge is 2.16. The molecule has 7 heteroatoms. The fourth-order valence-corrected chi connectivity index (χ4v) is 3.13. The maximum atomic E-state index is 12.2. The lowest BCUT2D eigenvalue weighted by molar-refractivity contribution is 0.271. The van der Waals surface area contributed by atoms with Gasteiger partial charge in [-0.05, 0) is 58.5 Å². The van der Waals surface area contributed by atoms with Crippen LogP contribution in [0, 0.1) is 6.92 Å². The molecular weight excluding hydrogens is 310 g/mol. The Labute approximate surface area is 132 Å². The summed E-state index contributed by atoms with van der Waals surface area (Å²) in [5.41, 5.74) is 6.83. The number of hydrogen-bond acceptors (Lipinski definition) is 4. The highest BCUT2D eigenvalue weighted by atomic mass is 35.5. The average Bonchev–Trinajstić information content (AvgIpc) is 2.39. The molecule has 1 rings (SSSR count). The number of halogens is 1. The summed E-state index contributed by atoms with van der Waals surface area (Å²) < 4.78 is 26.9. The average molecular weight is 334 g/mol. The molecule has 0 bridgehead atoms. The second kappa shape index (κ2) is 7.45. The number of rotatable bonds is 7. The Morgan fingerprint density at radius 3 is 2.52 bits per heavy atom. The van der Waals surface area contributed by atoms with Crippen molar-refractivity contribution in [3.8, 4) is 0 Å². The lowest BCUT2D eigenvalue weighted by Crippen LogP contribution is -2.31. The molecule has 0 atom stereocenters. The van der Waals surface area contributed by atoms with Crippen LogP contribution in [0.25, 0.3) is 0 Å². The van der Waals surface area contributed by atoms with Crippen LogP contribution >= 0.6 is 11.6 Å². The van der Waals surface area contributed by atoms with Crippen molar-refractivity contribution in [3.63, 3.8) is 0 Å². The van der Waals surface area contributed by atoms with E-state index in [1.165, 1.54) is 12.1 Å². The van der Waals surface area contributed by atoms with E-state index in [9.17, 15) is 8.42 Å². The van der Waals surface area contributed by atoms with Crippen LogP contribution in [0.5, 0.6) is 0 Å². The third-order valence-electron chi connectivity index (χ3n) is 3.53. The van der Waals surface area contributed by atoms with Crippen LogP contribution in [0.2, 0.25) is 5.02 Å². The standard InChI is InChI=1S/C14H24ClN3O2S/c1-10(2)18(4)7-5-6-17-21(19,20)12-8-13(15)11(3)14(16)9-12/h8-10,17H,5-7,16H2,1-4H3. The van der Waals surface area contributed by atoms with Gasteiger partial charge in [-0.3, -0.25) is 0 Å². The van der Waals surface area contributed by atoms with Crippen LogP contribution in [0.1, 0.15) is 25.8 Å². The molecule has 0 aromatic heterocycles. The molecule has 0 amide bonds. The summed E-state index contributed by atoms with van der Waals surface area (Å²) >= 11 is 5.98. The van der Waals surface area contributed by atoms with E-state index in [2.05, 4.69) is 23.5 Å². The smallest absolute Gasteiger partial charge is 0.240 e. The van der Waals surface area contributed by atoms with E-state index in [0.717, 1.165) is 13.0 Å². The molecule has 21 heavy (non-hydrogen) atoms. The van der Waals surface area contributed by atoms with Crippen molar-refractivity contribution in [2.24, 2.45) is 0 Å². The van der Waals surface area contributed by atoms with Crippen molar-refractivity contribution in [1.82, 2.24) is 9.62 Å². The van der Waals surface area contributed by atoms with Gasteiger partial charge in [0.15, 0.2) is 0 Å². The Balaban J connectivity index is 2.66. The molecule has 0 saturated heterocycles. The highest BCUT2D eigenvalue weighted by Crippen LogP contribution is 2.25. The zero-order chi connectivity index (χ0) is 16.2. The van der Waals surface area contributed by atoms with Gasteiger partial charge in [-0.2, -0.15) is 0 Å². The summed E-state index contributed by atoms with van der Waals surface area (Å²) in [6.45, 7) is 7.16. The predicted octanol–water partition coefficient (Wildman–Crippen LogP) is 2.24.